The summed E-state index contributed by atoms with van der Waals surface area (Å²) < 4.78 is 10.7. The summed E-state index contributed by atoms with van der Waals surface area (Å²) in [4.78, 5) is 26.0. The van der Waals surface area contributed by atoms with E-state index < -0.39 is 0 Å². The van der Waals surface area contributed by atoms with E-state index in [1.165, 1.54) is 6.92 Å². The van der Waals surface area contributed by atoms with Crippen LogP contribution < -0.4 is 14.8 Å². The predicted molar refractivity (Wildman–Crippen MR) is 110 cm³/mol. The molecule has 2 aromatic carbocycles. The van der Waals surface area contributed by atoms with E-state index in [2.05, 4.69) is 5.32 Å². The number of carbonyl (C=O) groups excluding carboxylic acids is 2. The Kier molecular flexibility index (Phi) is 8.34. The summed E-state index contributed by atoms with van der Waals surface area (Å²) in [5, 5.41) is 2.86. The van der Waals surface area contributed by atoms with Gasteiger partial charge in [-0.3, -0.25) is 9.59 Å². The van der Waals surface area contributed by atoms with Gasteiger partial charge in [0.1, 0.15) is 11.5 Å². The zero-order valence-corrected chi connectivity index (χ0v) is 16.7. The average molecular weight is 384 g/mol. The number of hydrogen-bond acceptors (Lipinski definition) is 4. The monoisotopic (exact) mass is 384 g/mol. The second kappa shape index (κ2) is 11.0. The SMILES string of the molecule is CCOc1ccccc1NC(=O)CCN(CCc1cccc(OC)c1)C(C)=O. The molecule has 2 aromatic rings. The minimum atomic E-state index is -0.153. The van der Waals surface area contributed by atoms with E-state index in [1.807, 2.05) is 49.4 Å². The lowest BCUT2D eigenvalue weighted by Gasteiger charge is -2.21. The van der Waals surface area contributed by atoms with E-state index in [0.717, 1.165) is 11.3 Å². The zero-order valence-electron chi connectivity index (χ0n) is 16.7. The first kappa shape index (κ1) is 21.3. The zero-order chi connectivity index (χ0) is 20.4. The van der Waals surface area contributed by atoms with Crippen molar-refractivity contribution in [3.05, 3.63) is 54.1 Å². The highest BCUT2D eigenvalue weighted by Crippen LogP contribution is 2.23. The Labute approximate surface area is 166 Å². The third-order valence-electron chi connectivity index (χ3n) is 4.32. The maximum atomic E-state index is 12.3. The molecule has 28 heavy (non-hydrogen) atoms. The van der Waals surface area contributed by atoms with Gasteiger partial charge < -0.3 is 19.7 Å². The molecule has 0 aliphatic rings. The Bertz CT molecular complexity index is 792. The largest absolute Gasteiger partial charge is 0.497 e. The van der Waals surface area contributed by atoms with E-state index in [9.17, 15) is 9.59 Å². The topological polar surface area (TPSA) is 67.9 Å². The highest BCUT2D eigenvalue weighted by molar-refractivity contribution is 5.92. The van der Waals surface area contributed by atoms with Crippen LogP contribution in [0.1, 0.15) is 25.8 Å². The maximum absolute atomic E-state index is 12.3. The summed E-state index contributed by atoms with van der Waals surface area (Å²) >= 11 is 0. The van der Waals surface area contributed by atoms with Crippen molar-refractivity contribution in [2.45, 2.75) is 26.7 Å². The van der Waals surface area contributed by atoms with Gasteiger partial charge in [0.25, 0.3) is 0 Å². The fourth-order valence-electron chi connectivity index (χ4n) is 2.82. The van der Waals surface area contributed by atoms with Crippen LogP contribution in [-0.4, -0.2) is 43.5 Å². The Morgan fingerprint density at radius 1 is 1.07 bits per heavy atom. The Morgan fingerprint density at radius 3 is 2.57 bits per heavy atom. The molecule has 6 nitrogen and oxygen atoms in total. The third kappa shape index (κ3) is 6.61. The van der Waals surface area contributed by atoms with Crippen molar-refractivity contribution in [3.8, 4) is 11.5 Å². The highest BCUT2D eigenvalue weighted by Gasteiger charge is 2.13. The highest BCUT2D eigenvalue weighted by atomic mass is 16.5. The molecule has 0 unspecified atom stereocenters. The van der Waals surface area contributed by atoms with Crippen LogP contribution >= 0.6 is 0 Å². The first-order valence-corrected chi connectivity index (χ1v) is 9.43. The van der Waals surface area contributed by atoms with Gasteiger partial charge in [-0.05, 0) is 43.2 Å². The standard InChI is InChI=1S/C22H28N2O4/c1-4-28-21-11-6-5-10-20(21)23-22(26)13-15-24(17(2)25)14-12-18-8-7-9-19(16-18)27-3/h5-11,16H,4,12-15H2,1-3H3,(H,23,26). The molecule has 0 radical (unpaired) electrons. The molecule has 0 aromatic heterocycles. The number of carbonyl (C=O) groups is 2. The number of methoxy groups -OCH3 is 1. The molecule has 2 amide bonds. The van der Waals surface area contributed by atoms with Crippen molar-refractivity contribution in [1.29, 1.82) is 0 Å². The van der Waals surface area contributed by atoms with Gasteiger partial charge in [-0.2, -0.15) is 0 Å². The first-order valence-electron chi connectivity index (χ1n) is 9.43. The minimum absolute atomic E-state index is 0.0505. The molecule has 0 aliphatic carbocycles. The molecular formula is C22H28N2O4. The molecule has 0 saturated carbocycles. The second-order valence-corrected chi connectivity index (χ2v) is 6.33. The number of nitrogens with one attached hydrogen (secondary N) is 1. The quantitative estimate of drug-likeness (QED) is 0.681. The van der Waals surface area contributed by atoms with Crippen LogP contribution in [-0.2, 0) is 16.0 Å². The lowest BCUT2D eigenvalue weighted by atomic mass is 10.1. The number of anilines is 1. The summed E-state index contributed by atoms with van der Waals surface area (Å²) in [6.45, 7) is 4.85. The Morgan fingerprint density at radius 2 is 1.86 bits per heavy atom. The molecule has 0 bridgehead atoms. The third-order valence-corrected chi connectivity index (χ3v) is 4.32. The average Bonchev–Trinajstić information content (AvgIpc) is 2.69. The van der Waals surface area contributed by atoms with Gasteiger partial charge in [0.2, 0.25) is 11.8 Å². The van der Waals surface area contributed by atoms with E-state index in [4.69, 9.17) is 9.47 Å². The van der Waals surface area contributed by atoms with Gasteiger partial charge in [0.15, 0.2) is 0 Å². The van der Waals surface area contributed by atoms with Crippen LogP contribution in [0, 0.1) is 0 Å². The Hall–Kier alpha value is -3.02. The molecule has 0 aliphatic heterocycles. The van der Waals surface area contributed by atoms with Gasteiger partial charge >= 0.3 is 0 Å². The molecule has 0 heterocycles. The van der Waals surface area contributed by atoms with Gasteiger partial charge in [-0.15, -0.1) is 0 Å². The van der Waals surface area contributed by atoms with Gasteiger partial charge in [0.05, 0.1) is 19.4 Å². The molecule has 150 valence electrons. The van der Waals surface area contributed by atoms with Crippen LogP contribution in [0.3, 0.4) is 0 Å². The molecule has 1 N–H and O–H groups in total. The van der Waals surface area contributed by atoms with Crippen molar-refractivity contribution in [3.63, 3.8) is 0 Å². The summed E-state index contributed by atoms with van der Waals surface area (Å²) in [5.41, 5.74) is 1.72. The van der Waals surface area contributed by atoms with Crippen LogP contribution in [0.2, 0.25) is 0 Å². The van der Waals surface area contributed by atoms with Crippen molar-refractivity contribution in [1.82, 2.24) is 4.90 Å². The summed E-state index contributed by atoms with van der Waals surface area (Å²) in [7, 11) is 1.63. The van der Waals surface area contributed by atoms with Gasteiger partial charge in [-0.25, -0.2) is 0 Å². The summed E-state index contributed by atoms with van der Waals surface area (Å²) in [6.07, 6.45) is 0.920. The number of rotatable bonds is 10. The van der Waals surface area contributed by atoms with E-state index in [1.54, 1.807) is 18.1 Å². The first-order chi connectivity index (χ1) is 13.5. The second-order valence-electron chi connectivity index (χ2n) is 6.33. The predicted octanol–water partition coefficient (Wildman–Crippen LogP) is 3.51. The molecule has 0 atom stereocenters. The number of hydrogen-bond donors (Lipinski definition) is 1. The maximum Gasteiger partial charge on any atom is 0.226 e. The number of para-hydroxylation sites is 2. The lowest BCUT2D eigenvalue weighted by Crippen LogP contribution is -2.33. The fourth-order valence-corrected chi connectivity index (χ4v) is 2.82. The van der Waals surface area contributed by atoms with Crippen molar-refractivity contribution < 1.29 is 19.1 Å². The van der Waals surface area contributed by atoms with Crippen molar-refractivity contribution in [2.24, 2.45) is 0 Å². The molecule has 2 rings (SSSR count). The van der Waals surface area contributed by atoms with Gasteiger partial charge in [-0.1, -0.05) is 24.3 Å². The van der Waals surface area contributed by atoms with Gasteiger partial charge in [0, 0.05) is 26.4 Å². The number of amides is 2. The molecule has 0 spiro atoms. The normalized spacial score (nSPS) is 10.2. The van der Waals surface area contributed by atoms with Crippen LogP contribution in [0.15, 0.2) is 48.5 Å². The smallest absolute Gasteiger partial charge is 0.226 e. The van der Waals surface area contributed by atoms with E-state index in [-0.39, 0.29) is 18.2 Å². The van der Waals surface area contributed by atoms with Crippen LogP contribution in [0.25, 0.3) is 0 Å². The number of nitrogens with zero attached hydrogens (tertiary/aromatic N) is 1. The lowest BCUT2D eigenvalue weighted by molar-refractivity contribution is -0.129. The Balaban J connectivity index is 1.88. The number of benzene rings is 2. The van der Waals surface area contributed by atoms with E-state index in [0.29, 0.717) is 37.6 Å². The van der Waals surface area contributed by atoms with E-state index >= 15 is 0 Å². The molecular weight excluding hydrogens is 356 g/mol. The molecule has 0 fully saturated rings. The van der Waals surface area contributed by atoms with Crippen LogP contribution in [0.5, 0.6) is 11.5 Å². The fraction of sp³-hybridized carbons (Fsp3) is 0.364. The van der Waals surface area contributed by atoms with Crippen molar-refractivity contribution in [2.75, 3.05) is 32.1 Å². The summed E-state index contributed by atoms with van der Waals surface area (Å²) in [5.74, 6) is 1.23. The molecule has 0 saturated heterocycles. The van der Waals surface area contributed by atoms with Crippen molar-refractivity contribution >= 4 is 17.5 Å². The summed E-state index contributed by atoms with van der Waals surface area (Å²) in [6, 6.07) is 15.1. The minimum Gasteiger partial charge on any atom is -0.497 e. The van der Waals surface area contributed by atoms with Crippen LogP contribution in [0.4, 0.5) is 5.69 Å². The number of ether oxygens (including phenoxy) is 2. The molecule has 6 heteroatoms.